The quantitative estimate of drug-likeness (QED) is 0.755. The van der Waals surface area contributed by atoms with Crippen molar-refractivity contribution < 1.29 is 18.3 Å². The van der Waals surface area contributed by atoms with Crippen LogP contribution in [0.4, 0.5) is 0 Å². The van der Waals surface area contributed by atoms with Crippen LogP contribution in [0.1, 0.15) is 40.0 Å². The van der Waals surface area contributed by atoms with Crippen LogP contribution >= 0.6 is 0 Å². The summed E-state index contributed by atoms with van der Waals surface area (Å²) >= 11 is 0. The highest BCUT2D eigenvalue weighted by atomic mass is 32.2. The van der Waals surface area contributed by atoms with Gasteiger partial charge in [-0.25, -0.2) is 8.42 Å². The van der Waals surface area contributed by atoms with Crippen LogP contribution in [0.15, 0.2) is 0 Å². The number of hydrogen-bond acceptors (Lipinski definition) is 4. The predicted molar refractivity (Wildman–Crippen MR) is 70.0 cm³/mol. The fourth-order valence-electron chi connectivity index (χ4n) is 2.10. The van der Waals surface area contributed by atoms with Crippen molar-refractivity contribution in [2.45, 2.75) is 44.8 Å². The third-order valence-electron chi connectivity index (χ3n) is 3.90. The average molecular weight is 277 g/mol. The van der Waals surface area contributed by atoms with Gasteiger partial charge in [0.25, 0.3) is 0 Å². The van der Waals surface area contributed by atoms with Crippen molar-refractivity contribution in [2.75, 3.05) is 12.3 Å². The Balaban J connectivity index is 2.85. The zero-order chi connectivity index (χ0) is 14.2. The van der Waals surface area contributed by atoms with Gasteiger partial charge in [0.2, 0.25) is 0 Å². The Kier molecular flexibility index (Phi) is 4.13. The van der Waals surface area contributed by atoms with Crippen LogP contribution in [0.5, 0.6) is 0 Å². The topological polar surface area (TPSA) is 97.5 Å². The molecule has 0 heterocycles. The number of carboxylic acid groups (broad SMARTS) is 1. The van der Waals surface area contributed by atoms with Crippen LogP contribution in [-0.2, 0) is 14.6 Å². The largest absolute Gasteiger partial charge is 0.481 e. The van der Waals surface area contributed by atoms with Crippen molar-refractivity contribution in [1.82, 2.24) is 0 Å². The van der Waals surface area contributed by atoms with Gasteiger partial charge in [-0.15, -0.1) is 0 Å². The van der Waals surface area contributed by atoms with E-state index >= 15 is 0 Å². The lowest BCUT2D eigenvalue weighted by atomic mass is 9.80. The smallest absolute Gasteiger partial charge is 0.311 e. The van der Waals surface area contributed by atoms with Gasteiger partial charge >= 0.3 is 5.97 Å². The molecule has 6 heteroatoms. The minimum absolute atomic E-state index is 0.00661. The molecule has 106 valence electrons. The third-order valence-corrected chi connectivity index (χ3v) is 6.51. The molecule has 1 fully saturated rings. The minimum atomic E-state index is -3.30. The molecule has 1 atom stereocenters. The number of rotatable bonds is 6. The highest BCUT2D eigenvalue weighted by molar-refractivity contribution is 7.92. The maximum absolute atomic E-state index is 12.0. The fourth-order valence-corrected chi connectivity index (χ4v) is 3.35. The summed E-state index contributed by atoms with van der Waals surface area (Å²) in [6, 6.07) is 0. The molecule has 1 aliphatic rings. The molecule has 0 radical (unpaired) electrons. The number of carboxylic acids is 1. The molecule has 1 unspecified atom stereocenters. The van der Waals surface area contributed by atoms with Gasteiger partial charge in [-0.3, -0.25) is 4.79 Å². The molecule has 1 rings (SSSR count). The lowest BCUT2D eigenvalue weighted by Crippen LogP contribution is -2.43. The maximum atomic E-state index is 12.0. The summed E-state index contributed by atoms with van der Waals surface area (Å²) in [5.41, 5.74) is 4.56. The first kappa shape index (κ1) is 15.4. The van der Waals surface area contributed by atoms with Crippen molar-refractivity contribution in [3.63, 3.8) is 0 Å². The average Bonchev–Trinajstić information content (AvgIpc) is 3.01. The Hall–Kier alpha value is -0.620. The van der Waals surface area contributed by atoms with E-state index in [9.17, 15) is 18.3 Å². The molecule has 5 nitrogen and oxygen atoms in total. The monoisotopic (exact) mass is 277 g/mol. The van der Waals surface area contributed by atoms with Gasteiger partial charge in [-0.1, -0.05) is 0 Å². The van der Waals surface area contributed by atoms with Crippen molar-refractivity contribution >= 4 is 15.8 Å². The molecule has 0 amide bonds. The summed E-state index contributed by atoms with van der Waals surface area (Å²) in [6.07, 6.45) is 1.78. The molecule has 0 aromatic heterocycles. The van der Waals surface area contributed by atoms with Gasteiger partial charge in [0.1, 0.15) is 0 Å². The SMILES string of the molecule is CC(C)(C)S(=O)(=O)CCC(CN)(C(=O)O)C1CC1. The summed E-state index contributed by atoms with van der Waals surface area (Å²) in [4.78, 5) is 11.4. The molecule has 0 aromatic carbocycles. The maximum Gasteiger partial charge on any atom is 0.311 e. The minimum Gasteiger partial charge on any atom is -0.481 e. The summed E-state index contributed by atoms with van der Waals surface area (Å²) in [7, 11) is -3.30. The Morgan fingerprint density at radius 1 is 1.33 bits per heavy atom. The van der Waals surface area contributed by atoms with E-state index in [4.69, 9.17) is 5.73 Å². The van der Waals surface area contributed by atoms with E-state index in [1.165, 1.54) is 0 Å². The molecule has 1 saturated carbocycles. The second-order valence-electron chi connectivity index (χ2n) is 6.12. The lowest BCUT2D eigenvalue weighted by molar-refractivity contribution is -0.150. The Bertz CT molecular complexity index is 420. The van der Waals surface area contributed by atoms with E-state index in [-0.39, 0.29) is 24.6 Å². The number of carbonyl (C=O) groups is 1. The second-order valence-corrected chi connectivity index (χ2v) is 8.98. The van der Waals surface area contributed by atoms with E-state index in [1.807, 2.05) is 0 Å². The first-order valence-electron chi connectivity index (χ1n) is 6.22. The molecule has 0 aromatic rings. The van der Waals surface area contributed by atoms with E-state index in [2.05, 4.69) is 0 Å². The summed E-state index contributed by atoms with van der Waals surface area (Å²) < 4.78 is 23.2. The van der Waals surface area contributed by atoms with Gasteiger partial charge in [0.15, 0.2) is 9.84 Å². The van der Waals surface area contributed by atoms with Gasteiger partial charge < -0.3 is 10.8 Å². The highest BCUT2D eigenvalue weighted by Gasteiger charge is 2.50. The van der Waals surface area contributed by atoms with E-state index < -0.39 is 26.0 Å². The van der Waals surface area contributed by atoms with E-state index in [0.717, 1.165) is 12.8 Å². The number of hydrogen-bond donors (Lipinski definition) is 2. The standard InChI is InChI=1S/C12H23NO4S/c1-11(2,3)18(16,17)7-6-12(8-13,10(14)15)9-4-5-9/h9H,4-8,13H2,1-3H3,(H,14,15). The van der Waals surface area contributed by atoms with Crippen molar-refractivity contribution in [2.24, 2.45) is 17.1 Å². The molecule has 0 spiro atoms. The van der Waals surface area contributed by atoms with Crippen LogP contribution in [0.3, 0.4) is 0 Å². The third kappa shape index (κ3) is 2.85. The number of sulfone groups is 1. The molecule has 18 heavy (non-hydrogen) atoms. The summed E-state index contributed by atoms with van der Waals surface area (Å²) in [5.74, 6) is -1.04. The molecular formula is C12H23NO4S. The van der Waals surface area contributed by atoms with Gasteiger partial charge in [-0.2, -0.15) is 0 Å². The lowest BCUT2D eigenvalue weighted by Gasteiger charge is -2.29. The van der Waals surface area contributed by atoms with Crippen LogP contribution in [-0.4, -0.2) is 36.5 Å². The number of nitrogens with two attached hydrogens (primary N) is 1. The first-order chi connectivity index (χ1) is 8.07. The van der Waals surface area contributed by atoms with Gasteiger partial charge in [-0.05, 0) is 46.0 Å². The summed E-state index contributed by atoms with van der Waals surface area (Å²) in [5, 5.41) is 9.36. The van der Waals surface area contributed by atoms with E-state index in [0.29, 0.717) is 0 Å². The van der Waals surface area contributed by atoms with Gasteiger partial charge in [0, 0.05) is 6.54 Å². The Labute approximate surface area is 109 Å². The Morgan fingerprint density at radius 3 is 2.11 bits per heavy atom. The van der Waals surface area contributed by atoms with Crippen molar-refractivity contribution in [1.29, 1.82) is 0 Å². The molecule has 0 saturated heterocycles. The first-order valence-corrected chi connectivity index (χ1v) is 7.88. The molecular weight excluding hydrogens is 254 g/mol. The molecule has 0 aliphatic heterocycles. The number of aliphatic carboxylic acids is 1. The molecule has 0 bridgehead atoms. The normalized spacial score (nSPS) is 20.4. The van der Waals surface area contributed by atoms with Crippen LogP contribution in [0.25, 0.3) is 0 Å². The van der Waals surface area contributed by atoms with Crippen LogP contribution in [0, 0.1) is 11.3 Å². The second kappa shape index (κ2) is 4.81. The zero-order valence-electron chi connectivity index (χ0n) is 11.3. The fraction of sp³-hybridized carbons (Fsp3) is 0.917. The molecule has 3 N–H and O–H groups in total. The molecule has 1 aliphatic carbocycles. The Morgan fingerprint density at radius 2 is 1.83 bits per heavy atom. The van der Waals surface area contributed by atoms with Crippen LogP contribution in [0.2, 0.25) is 0 Å². The summed E-state index contributed by atoms with van der Waals surface area (Å²) in [6.45, 7) is 4.89. The van der Waals surface area contributed by atoms with Crippen molar-refractivity contribution in [3.8, 4) is 0 Å². The van der Waals surface area contributed by atoms with Crippen molar-refractivity contribution in [3.05, 3.63) is 0 Å². The van der Waals surface area contributed by atoms with E-state index in [1.54, 1.807) is 20.8 Å². The van der Waals surface area contributed by atoms with Gasteiger partial charge in [0.05, 0.1) is 15.9 Å². The highest BCUT2D eigenvalue weighted by Crippen LogP contribution is 2.48. The predicted octanol–water partition coefficient (Wildman–Crippen LogP) is 1.03. The zero-order valence-corrected chi connectivity index (χ0v) is 12.1. The van der Waals surface area contributed by atoms with Crippen LogP contribution < -0.4 is 5.73 Å².